The van der Waals surface area contributed by atoms with Gasteiger partial charge in [0, 0.05) is 0 Å². The van der Waals surface area contributed by atoms with E-state index in [-0.39, 0.29) is 30.4 Å². The van der Waals surface area contributed by atoms with Gasteiger partial charge in [-0.15, -0.1) is 0 Å². The average Bonchev–Trinajstić information content (AvgIpc) is 0.811. The molecule has 5 nitrogen and oxygen atoms in total. The number of hydrogen-bond donors (Lipinski definition) is 2. The Bertz CT molecular complexity index is 31.1. The Hall–Kier alpha value is -0.187. The summed E-state index contributed by atoms with van der Waals surface area (Å²) in [4.78, 5) is 8.56. The maximum atomic E-state index is 8.56. The zero-order valence-corrected chi connectivity index (χ0v) is 6.37. The topological polar surface area (TPSA) is 118 Å². The van der Waals surface area contributed by atoms with Gasteiger partial charge in [-0.1, -0.05) is 0 Å². The summed E-state index contributed by atoms with van der Waals surface area (Å²) in [6.45, 7) is 0. The monoisotopic (exact) mass is 160 g/mol. The third-order valence-electron chi connectivity index (χ3n) is 0. The van der Waals surface area contributed by atoms with Crippen LogP contribution in [0.1, 0.15) is 0 Å². The zero-order chi connectivity index (χ0) is 3.58. The van der Waals surface area contributed by atoms with Crippen LogP contribution in [0.25, 0.3) is 0 Å². The van der Waals surface area contributed by atoms with Crippen LogP contribution >= 0.6 is 0 Å². The first-order valence-electron chi connectivity index (χ1n) is 0.651. The van der Waals surface area contributed by atoms with Gasteiger partial charge in [-0.3, -0.25) is 0 Å². The molecular formula is CH4O5Zn. The first-order chi connectivity index (χ1) is 1.73. The van der Waals surface area contributed by atoms with Crippen molar-refractivity contribution in [2.24, 2.45) is 0 Å². The summed E-state index contributed by atoms with van der Waals surface area (Å²) in [5.41, 5.74) is 0. The summed E-state index contributed by atoms with van der Waals surface area (Å²) in [6, 6.07) is 0. The molecule has 0 aliphatic carbocycles. The predicted molar refractivity (Wildman–Crippen MR) is 14.5 cm³/mol. The molecule has 4 N–H and O–H groups in total. The molecule has 0 unspecified atom stereocenters. The van der Waals surface area contributed by atoms with E-state index in [4.69, 9.17) is 15.0 Å². The smallest absolute Gasteiger partial charge is 0.870 e. The van der Waals surface area contributed by atoms with Crippen LogP contribution in [0.5, 0.6) is 0 Å². The SMILES string of the molecule is O=C(O)O.[OH-].[OH-].[Zn+2]. The fourth-order valence-corrected chi connectivity index (χ4v) is 0. The summed E-state index contributed by atoms with van der Waals surface area (Å²) in [6.07, 6.45) is -1.83. The standard InChI is InChI=1S/CH2O3.2H2O.Zn/c2-1(3)4;;;/h(H2,2,3,4);2*1H2;/q;;;+2/p-2. The summed E-state index contributed by atoms with van der Waals surface area (Å²) < 4.78 is 0. The van der Waals surface area contributed by atoms with E-state index in [0.717, 1.165) is 0 Å². The molecule has 0 spiro atoms. The van der Waals surface area contributed by atoms with Crippen molar-refractivity contribution >= 4 is 6.16 Å². The van der Waals surface area contributed by atoms with E-state index in [2.05, 4.69) is 0 Å². The van der Waals surface area contributed by atoms with Crippen molar-refractivity contribution in [1.29, 1.82) is 0 Å². The summed E-state index contributed by atoms with van der Waals surface area (Å²) >= 11 is 0. The van der Waals surface area contributed by atoms with E-state index in [1.165, 1.54) is 0 Å². The second-order valence-electron chi connectivity index (χ2n) is 0.283. The van der Waals surface area contributed by atoms with Crippen molar-refractivity contribution in [3.05, 3.63) is 0 Å². The van der Waals surface area contributed by atoms with Crippen molar-refractivity contribution in [3.8, 4) is 0 Å². The molecule has 0 aromatic rings. The first-order valence-corrected chi connectivity index (χ1v) is 0.651. The van der Waals surface area contributed by atoms with E-state index in [0.29, 0.717) is 0 Å². The molecule has 0 saturated heterocycles. The Morgan fingerprint density at radius 2 is 1.14 bits per heavy atom. The van der Waals surface area contributed by atoms with Gasteiger partial charge < -0.3 is 21.2 Å². The largest absolute Gasteiger partial charge is 2.00 e. The molecule has 0 aromatic carbocycles. The number of carboxylic acid groups (broad SMARTS) is 2. The third-order valence-corrected chi connectivity index (χ3v) is 0. The maximum absolute atomic E-state index is 8.56. The van der Waals surface area contributed by atoms with Gasteiger partial charge in [-0.2, -0.15) is 0 Å². The summed E-state index contributed by atoms with van der Waals surface area (Å²) in [7, 11) is 0. The van der Waals surface area contributed by atoms with Crippen LogP contribution in [0.2, 0.25) is 0 Å². The second kappa shape index (κ2) is 17.0. The Morgan fingerprint density at radius 1 is 1.14 bits per heavy atom. The average molecular weight is 161 g/mol. The van der Waals surface area contributed by atoms with Crippen LogP contribution in [0.4, 0.5) is 4.79 Å². The van der Waals surface area contributed by atoms with Crippen LogP contribution < -0.4 is 0 Å². The zero-order valence-electron chi connectivity index (χ0n) is 3.40. The Balaban J connectivity index is -0.0000000150. The van der Waals surface area contributed by atoms with Crippen LogP contribution in [0.3, 0.4) is 0 Å². The van der Waals surface area contributed by atoms with Gasteiger partial charge in [0.25, 0.3) is 0 Å². The van der Waals surface area contributed by atoms with Gasteiger partial charge in [-0.05, 0) is 0 Å². The van der Waals surface area contributed by atoms with Gasteiger partial charge in [0.2, 0.25) is 0 Å². The van der Waals surface area contributed by atoms with Crippen molar-refractivity contribution in [2.75, 3.05) is 0 Å². The van der Waals surface area contributed by atoms with E-state index < -0.39 is 6.16 Å². The van der Waals surface area contributed by atoms with Crippen LogP contribution in [0, 0.1) is 0 Å². The van der Waals surface area contributed by atoms with Gasteiger partial charge >= 0.3 is 25.6 Å². The van der Waals surface area contributed by atoms with Crippen molar-refractivity contribution in [3.63, 3.8) is 0 Å². The quantitative estimate of drug-likeness (QED) is 0.480. The fraction of sp³-hybridized carbons (Fsp3) is 0. The molecule has 0 heterocycles. The molecule has 0 atom stereocenters. The summed E-state index contributed by atoms with van der Waals surface area (Å²) in [5, 5.41) is 13.9. The normalized spacial score (nSPS) is 3.43. The van der Waals surface area contributed by atoms with Gasteiger partial charge in [0.1, 0.15) is 0 Å². The summed E-state index contributed by atoms with van der Waals surface area (Å²) in [5.74, 6) is 0. The van der Waals surface area contributed by atoms with Crippen molar-refractivity contribution in [2.45, 2.75) is 0 Å². The molecule has 40 valence electrons. The fourth-order valence-electron chi connectivity index (χ4n) is 0. The third kappa shape index (κ3) is 2430. The minimum atomic E-state index is -1.83. The molecule has 0 rings (SSSR count). The number of rotatable bonds is 0. The Kier molecular flexibility index (Phi) is 70.7. The number of hydrogen-bond acceptors (Lipinski definition) is 3. The Morgan fingerprint density at radius 3 is 1.14 bits per heavy atom. The molecule has 0 amide bonds. The van der Waals surface area contributed by atoms with Gasteiger partial charge in [-0.25, -0.2) is 4.79 Å². The molecular weight excluding hydrogens is 157 g/mol. The number of carbonyl (C=O) groups is 1. The molecule has 0 bridgehead atoms. The molecule has 6 heteroatoms. The predicted octanol–water partition coefficient (Wildman–Crippen LogP) is -0.134. The Labute approximate surface area is 52.3 Å². The van der Waals surface area contributed by atoms with Gasteiger partial charge in [0.15, 0.2) is 0 Å². The van der Waals surface area contributed by atoms with E-state index in [1.807, 2.05) is 0 Å². The van der Waals surface area contributed by atoms with E-state index in [1.54, 1.807) is 0 Å². The molecule has 7 heavy (non-hydrogen) atoms. The maximum Gasteiger partial charge on any atom is 2.00 e. The first kappa shape index (κ1) is 29.1. The van der Waals surface area contributed by atoms with E-state index in [9.17, 15) is 0 Å². The minimum absolute atomic E-state index is 0. The molecule has 0 aliphatic rings. The van der Waals surface area contributed by atoms with E-state index >= 15 is 0 Å². The van der Waals surface area contributed by atoms with Crippen molar-refractivity contribution in [1.82, 2.24) is 0 Å². The van der Waals surface area contributed by atoms with Gasteiger partial charge in [0.05, 0.1) is 0 Å². The minimum Gasteiger partial charge on any atom is -0.870 e. The van der Waals surface area contributed by atoms with Crippen LogP contribution in [0.15, 0.2) is 0 Å². The molecule has 0 saturated carbocycles. The molecule has 0 aromatic heterocycles. The van der Waals surface area contributed by atoms with Crippen LogP contribution in [-0.2, 0) is 19.5 Å². The molecule has 0 aliphatic heterocycles. The second-order valence-corrected chi connectivity index (χ2v) is 0.283. The molecule has 0 radical (unpaired) electrons. The van der Waals surface area contributed by atoms with Crippen molar-refractivity contribution < 1.29 is 45.4 Å². The van der Waals surface area contributed by atoms with Crippen LogP contribution in [-0.4, -0.2) is 27.3 Å². The molecule has 0 fully saturated rings.